The van der Waals surface area contributed by atoms with E-state index in [0.29, 0.717) is 36.4 Å². The van der Waals surface area contributed by atoms with Crippen LogP contribution in [-0.2, 0) is 69.5 Å². The molecule has 1 heterocycles. The normalized spacial score (nSPS) is 14.8. The second kappa shape index (κ2) is 22.2. The summed E-state index contributed by atoms with van der Waals surface area (Å²) in [6.07, 6.45) is -44.9. The van der Waals surface area contributed by atoms with Crippen molar-refractivity contribution in [3.63, 3.8) is 0 Å². The zero-order valence-electron chi connectivity index (χ0n) is 46.2. The van der Waals surface area contributed by atoms with Gasteiger partial charge in [-0.1, -0.05) is 48.5 Å². The molecule has 0 radical (unpaired) electrons. The molecule has 95 heavy (non-hydrogen) atoms. The number of sulfonamides is 2. The van der Waals surface area contributed by atoms with Gasteiger partial charge in [0.05, 0.1) is 54.3 Å². The van der Waals surface area contributed by atoms with Crippen molar-refractivity contribution < 1.29 is 122 Å². The first-order valence-electron chi connectivity index (χ1n) is 26.5. The average Bonchev–Trinajstić information content (AvgIpc) is 1.63. The highest BCUT2D eigenvalue weighted by Crippen LogP contribution is 2.54. The van der Waals surface area contributed by atoms with Crippen LogP contribution in [0.15, 0.2) is 180 Å². The van der Waals surface area contributed by atoms with Gasteiger partial charge in [-0.05, 0) is 199 Å². The predicted molar refractivity (Wildman–Crippen MR) is 297 cm³/mol. The van der Waals surface area contributed by atoms with Gasteiger partial charge in [-0.2, -0.15) is 105 Å². The van der Waals surface area contributed by atoms with Crippen LogP contribution < -0.4 is 4.13 Å². The van der Waals surface area contributed by atoms with Gasteiger partial charge in [0.15, 0.2) is 0 Å². The summed E-state index contributed by atoms with van der Waals surface area (Å²) in [6, 6.07) is 14.8. The molecular formula is C64H29F24NO4S2. The fourth-order valence-corrected chi connectivity index (χ4v) is 14.8. The van der Waals surface area contributed by atoms with Gasteiger partial charge in [0.1, 0.15) is 0 Å². The van der Waals surface area contributed by atoms with E-state index in [-0.39, 0.29) is 94.3 Å². The van der Waals surface area contributed by atoms with E-state index in [4.69, 9.17) is 0 Å². The van der Waals surface area contributed by atoms with Crippen molar-refractivity contribution in [3.8, 4) is 77.9 Å². The summed E-state index contributed by atoms with van der Waals surface area (Å²) in [5, 5.41) is -1.01. The highest BCUT2D eigenvalue weighted by Gasteiger charge is 2.44. The average molecular weight is 1400 g/mol. The Morgan fingerprint density at radius 1 is 0.232 bits per heavy atom. The quantitative estimate of drug-likeness (QED) is 0.168. The van der Waals surface area contributed by atoms with Crippen LogP contribution in [0, 0.1) is 0 Å². The molecule has 0 saturated carbocycles. The van der Waals surface area contributed by atoms with E-state index in [1.165, 1.54) is 40.5 Å². The largest absolute Gasteiger partial charge is 0.416 e. The zero-order chi connectivity index (χ0) is 69.7. The Balaban J connectivity index is 1.31. The number of alkyl halides is 24. The SMILES string of the molecule is O=S1(=O)NS(=O)(=O)c2c(-c3cc(-c4cc(C(F)(F)F)cc(C(F)(F)F)c4)cc(-c4cc(C(F)(F)F)cc(C(F)(F)F)c4)c3)cc3ccccc3c2-c2c1c(-c1cc(-c3cc(C(F)(F)F)cc(C(F)(F)F)c3)cc(-c3cc(C(F)(F)F)cc(C(F)(F)F)c3)c1)cc1ccccc21. The third-order valence-electron chi connectivity index (χ3n) is 15.2. The summed E-state index contributed by atoms with van der Waals surface area (Å²) >= 11 is 0. The van der Waals surface area contributed by atoms with E-state index in [0.717, 1.165) is 24.3 Å². The number of halogens is 24. The van der Waals surface area contributed by atoms with Crippen molar-refractivity contribution in [2.24, 2.45) is 0 Å². The van der Waals surface area contributed by atoms with Crippen LogP contribution in [0.1, 0.15) is 44.5 Å². The summed E-state index contributed by atoms with van der Waals surface area (Å²) in [5.41, 5.74) is -29.0. The van der Waals surface area contributed by atoms with Crippen LogP contribution in [-0.4, -0.2) is 16.8 Å². The van der Waals surface area contributed by atoms with E-state index < -0.39 is 202 Å². The maximum atomic E-state index is 15.5. The van der Waals surface area contributed by atoms with Crippen LogP contribution in [0.2, 0.25) is 0 Å². The van der Waals surface area contributed by atoms with E-state index in [1.54, 1.807) is 0 Å². The van der Waals surface area contributed by atoms with Gasteiger partial charge in [-0.3, -0.25) is 0 Å². The number of benzene rings is 10. The first-order valence-corrected chi connectivity index (χ1v) is 29.4. The number of fused-ring (bicyclic) bond motifs is 7. The van der Waals surface area contributed by atoms with E-state index >= 15 is 16.8 Å². The van der Waals surface area contributed by atoms with Gasteiger partial charge in [0.2, 0.25) is 0 Å². The Bertz CT molecular complexity index is 4440. The summed E-state index contributed by atoms with van der Waals surface area (Å²) < 4.78 is 412. The van der Waals surface area contributed by atoms with E-state index in [2.05, 4.69) is 0 Å². The fraction of sp³-hybridized carbons (Fsp3) is 0.125. The minimum atomic E-state index is -5.99. The molecule has 11 rings (SSSR count). The molecule has 1 N–H and O–H groups in total. The van der Waals surface area contributed by atoms with Crippen LogP contribution in [0.4, 0.5) is 105 Å². The molecule has 1 aliphatic rings. The topological polar surface area (TPSA) is 80.3 Å². The van der Waals surface area contributed by atoms with Crippen molar-refractivity contribution in [2.75, 3.05) is 0 Å². The Kier molecular flexibility index (Phi) is 15.8. The number of hydrogen-bond donors (Lipinski definition) is 1. The lowest BCUT2D eigenvalue weighted by Gasteiger charge is -2.21. The molecule has 0 fully saturated rings. The van der Waals surface area contributed by atoms with Crippen LogP contribution in [0.3, 0.4) is 0 Å². The monoisotopic (exact) mass is 1400 g/mol. The molecule has 10 aromatic rings. The van der Waals surface area contributed by atoms with Crippen LogP contribution >= 0.6 is 0 Å². The first-order chi connectivity index (χ1) is 43.6. The van der Waals surface area contributed by atoms with Crippen LogP contribution in [0.25, 0.3) is 99.4 Å². The maximum Gasteiger partial charge on any atom is 0.416 e. The third kappa shape index (κ3) is 13.1. The fourth-order valence-electron chi connectivity index (χ4n) is 11.1. The lowest BCUT2D eigenvalue weighted by molar-refractivity contribution is -0.144. The first kappa shape index (κ1) is 67.3. The van der Waals surface area contributed by atoms with Gasteiger partial charge in [-0.25, -0.2) is 16.8 Å². The minimum Gasteiger partial charge on any atom is -0.206 e. The molecule has 0 unspecified atom stereocenters. The molecule has 494 valence electrons. The standard InChI is InChI=1S/C64H29F24NO4S2/c65-57(66,67)41-15-35(16-42(25-41)58(68,69)70)31-9-32(36-17-43(59(71,72)73)26-44(18-36)60(74,75)76)12-39(11-31)51-23-29-5-1-3-7-49(29)53-54-50-8-4-2-6-30(50)24-52(56(54)95(92,93)89-94(90,91)55(51)53)40-13-33(37-19-45(61(77,78)79)27-46(20-37)62(80,81)82)10-34(14-40)38-21-47(63(83,84)85)28-48(22-38)64(86,87)88/h1-28,89H. The molecule has 0 aromatic heterocycles. The van der Waals surface area contributed by atoms with Gasteiger partial charge in [0, 0.05) is 22.3 Å². The zero-order valence-corrected chi connectivity index (χ0v) is 47.8. The summed E-state index contributed by atoms with van der Waals surface area (Å²) in [7, 11) is -12.0. The second-order valence-corrected chi connectivity index (χ2v) is 25.1. The Hall–Kier alpha value is -9.10. The highest BCUT2D eigenvalue weighted by atomic mass is 32.3. The van der Waals surface area contributed by atoms with Gasteiger partial charge >= 0.3 is 49.4 Å². The second-order valence-electron chi connectivity index (χ2n) is 21.6. The lowest BCUT2D eigenvalue weighted by atomic mass is 9.85. The molecule has 1 aliphatic heterocycles. The smallest absolute Gasteiger partial charge is 0.206 e. The summed E-state index contributed by atoms with van der Waals surface area (Å²) in [5.74, 6) is 0. The summed E-state index contributed by atoms with van der Waals surface area (Å²) in [6.45, 7) is 0. The number of rotatable bonds is 6. The number of nitrogens with one attached hydrogen (secondary N) is 1. The number of hydrogen-bond acceptors (Lipinski definition) is 4. The van der Waals surface area contributed by atoms with Crippen molar-refractivity contribution in [1.29, 1.82) is 0 Å². The Morgan fingerprint density at radius 3 is 0.632 bits per heavy atom. The predicted octanol–water partition coefficient (Wildman–Crippen LogP) is 21.8. The van der Waals surface area contributed by atoms with Gasteiger partial charge in [0.25, 0.3) is 20.0 Å². The Morgan fingerprint density at radius 2 is 0.421 bits per heavy atom. The van der Waals surface area contributed by atoms with Crippen molar-refractivity contribution in [2.45, 2.75) is 59.2 Å². The molecular weight excluding hydrogens is 1370 g/mol. The van der Waals surface area contributed by atoms with Gasteiger partial charge < -0.3 is 0 Å². The third-order valence-corrected chi connectivity index (χ3v) is 18.9. The van der Waals surface area contributed by atoms with Crippen molar-refractivity contribution in [3.05, 3.63) is 214 Å². The van der Waals surface area contributed by atoms with Crippen molar-refractivity contribution >= 4 is 41.6 Å². The van der Waals surface area contributed by atoms with E-state index in [9.17, 15) is 105 Å². The molecule has 31 heteroatoms. The van der Waals surface area contributed by atoms with Gasteiger partial charge in [-0.15, -0.1) is 4.13 Å². The molecule has 0 bridgehead atoms. The highest BCUT2D eigenvalue weighted by molar-refractivity contribution is 8.05. The molecule has 5 nitrogen and oxygen atoms in total. The molecule has 10 aromatic carbocycles. The maximum absolute atomic E-state index is 15.5. The Labute approximate surface area is 517 Å². The molecule has 0 saturated heterocycles. The minimum absolute atomic E-state index is 0.103. The molecule has 0 spiro atoms. The van der Waals surface area contributed by atoms with E-state index in [1.807, 2.05) is 0 Å². The molecule has 0 amide bonds. The molecule has 0 aliphatic carbocycles. The molecule has 0 atom stereocenters. The lowest BCUT2D eigenvalue weighted by Crippen LogP contribution is -2.30. The summed E-state index contributed by atoms with van der Waals surface area (Å²) in [4.78, 5) is -2.49. The van der Waals surface area contributed by atoms with Crippen LogP contribution in [0.5, 0.6) is 0 Å². The van der Waals surface area contributed by atoms with Crippen molar-refractivity contribution in [1.82, 2.24) is 4.13 Å².